The molecule has 0 fully saturated rings. The molecule has 0 radical (unpaired) electrons. The van der Waals surface area contributed by atoms with Crippen molar-refractivity contribution >= 4 is 11.6 Å². The van der Waals surface area contributed by atoms with Crippen LogP contribution >= 0.6 is 0 Å². The summed E-state index contributed by atoms with van der Waals surface area (Å²) in [7, 11) is 4.06. The quantitative estimate of drug-likeness (QED) is 0.724. The van der Waals surface area contributed by atoms with Crippen molar-refractivity contribution in [3.8, 4) is 0 Å². The van der Waals surface area contributed by atoms with Gasteiger partial charge in [0.15, 0.2) is 0 Å². The summed E-state index contributed by atoms with van der Waals surface area (Å²) >= 11 is 0. The minimum absolute atomic E-state index is 0.00296. The number of benzene rings is 1. The second-order valence-corrected chi connectivity index (χ2v) is 4.52. The van der Waals surface area contributed by atoms with Gasteiger partial charge in [0, 0.05) is 24.3 Å². The molecule has 2 N–H and O–H groups in total. The lowest BCUT2D eigenvalue weighted by Crippen LogP contribution is -2.27. The average molecular weight is 249 g/mol. The molecule has 0 bridgehead atoms. The number of hydrogen-bond donors (Lipinski definition) is 2. The normalized spacial score (nSPS) is 10.4. The average Bonchev–Trinajstić information content (AvgIpc) is 2.35. The van der Waals surface area contributed by atoms with Gasteiger partial charge in [-0.05, 0) is 58.3 Å². The first-order valence-electron chi connectivity index (χ1n) is 6.40. The van der Waals surface area contributed by atoms with Gasteiger partial charge in [-0.25, -0.2) is 0 Å². The Kier molecular flexibility index (Phi) is 6.22. The summed E-state index contributed by atoms with van der Waals surface area (Å²) in [4.78, 5) is 13.9. The lowest BCUT2D eigenvalue weighted by atomic mass is 10.2. The highest BCUT2D eigenvalue weighted by molar-refractivity contribution is 5.94. The van der Waals surface area contributed by atoms with Crippen LogP contribution in [0, 0.1) is 0 Å². The van der Waals surface area contributed by atoms with Crippen molar-refractivity contribution in [1.29, 1.82) is 0 Å². The summed E-state index contributed by atoms with van der Waals surface area (Å²) in [5, 5.41) is 6.12. The third-order valence-corrected chi connectivity index (χ3v) is 2.60. The molecular weight excluding hydrogens is 226 g/mol. The van der Waals surface area contributed by atoms with Crippen LogP contribution in [0.1, 0.15) is 23.7 Å². The molecule has 0 spiro atoms. The maximum Gasteiger partial charge on any atom is 0.251 e. The highest BCUT2D eigenvalue weighted by Gasteiger charge is 2.04. The number of nitrogens with zero attached hydrogens (tertiary/aromatic N) is 1. The van der Waals surface area contributed by atoms with E-state index < -0.39 is 0 Å². The fourth-order valence-electron chi connectivity index (χ4n) is 1.64. The van der Waals surface area contributed by atoms with Crippen molar-refractivity contribution in [1.82, 2.24) is 10.2 Å². The molecule has 1 rings (SSSR count). The predicted molar refractivity (Wildman–Crippen MR) is 76.1 cm³/mol. The second-order valence-electron chi connectivity index (χ2n) is 4.52. The van der Waals surface area contributed by atoms with Crippen LogP contribution in [-0.4, -0.2) is 44.5 Å². The van der Waals surface area contributed by atoms with Gasteiger partial charge in [0.2, 0.25) is 0 Å². The van der Waals surface area contributed by atoms with Crippen LogP contribution in [-0.2, 0) is 0 Å². The standard InChI is InChI=1S/C14H23N3O/c1-4-15-13-8-6-12(7-9-13)14(18)16-10-5-11-17(2)3/h6-9,15H,4-5,10-11H2,1-3H3,(H,16,18). The first kappa shape index (κ1) is 14.5. The molecule has 0 unspecified atom stereocenters. The van der Waals surface area contributed by atoms with Gasteiger partial charge < -0.3 is 15.5 Å². The SMILES string of the molecule is CCNc1ccc(C(=O)NCCCN(C)C)cc1. The Morgan fingerprint density at radius 1 is 1.22 bits per heavy atom. The van der Waals surface area contributed by atoms with Gasteiger partial charge >= 0.3 is 0 Å². The van der Waals surface area contributed by atoms with Gasteiger partial charge in [-0.2, -0.15) is 0 Å². The van der Waals surface area contributed by atoms with E-state index in [0.717, 1.165) is 25.2 Å². The number of carbonyl (C=O) groups is 1. The Balaban J connectivity index is 2.37. The summed E-state index contributed by atoms with van der Waals surface area (Å²) in [5.74, 6) is -0.00296. The number of rotatable bonds is 7. The summed E-state index contributed by atoms with van der Waals surface area (Å²) in [6.45, 7) is 4.63. The molecule has 0 saturated carbocycles. The van der Waals surface area contributed by atoms with Crippen LogP contribution in [0.4, 0.5) is 5.69 Å². The van der Waals surface area contributed by atoms with Crippen molar-refractivity contribution in [2.45, 2.75) is 13.3 Å². The third-order valence-electron chi connectivity index (χ3n) is 2.60. The van der Waals surface area contributed by atoms with Crippen LogP contribution in [0.2, 0.25) is 0 Å². The van der Waals surface area contributed by atoms with Crippen molar-refractivity contribution < 1.29 is 4.79 Å². The molecule has 1 amide bonds. The Bertz CT molecular complexity index is 360. The van der Waals surface area contributed by atoms with Crippen LogP contribution in [0.3, 0.4) is 0 Å². The first-order valence-corrected chi connectivity index (χ1v) is 6.40. The monoisotopic (exact) mass is 249 g/mol. The van der Waals surface area contributed by atoms with Crippen LogP contribution in [0.5, 0.6) is 0 Å². The van der Waals surface area contributed by atoms with E-state index in [4.69, 9.17) is 0 Å². The summed E-state index contributed by atoms with van der Waals surface area (Å²) in [6, 6.07) is 7.55. The summed E-state index contributed by atoms with van der Waals surface area (Å²) in [6.07, 6.45) is 0.966. The van der Waals surface area contributed by atoms with Crippen LogP contribution in [0.15, 0.2) is 24.3 Å². The van der Waals surface area contributed by atoms with Gasteiger partial charge in [0.1, 0.15) is 0 Å². The predicted octanol–water partition coefficient (Wildman–Crippen LogP) is 1.80. The smallest absolute Gasteiger partial charge is 0.251 e. The molecule has 0 heterocycles. The highest BCUT2D eigenvalue weighted by atomic mass is 16.1. The highest BCUT2D eigenvalue weighted by Crippen LogP contribution is 2.08. The Morgan fingerprint density at radius 3 is 2.44 bits per heavy atom. The minimum Gasteiger partial charge on any atom is -0.385 e. The van der Waals surface area contributed by atoms with Crippen LogP contribution < -0.4 is 10.6 Å². The van der Waals surface area contributed by atoms with Crippen molar-refractivity contribution in [2.24, 2.45) is 0 Å². The van der Waals surface area contributed by atoms with E-state index in [9.17, 15) is 4.79 Å². The van der Waals surface area contributed by atoms with E-state index in [2.05, 4.69) is 15.5 Å². The van der Waals surface area contributed by atoms with Crippen molar-refractivity contribution in [3.05, 3.63) is 29.8 Å². The summed E-state index contributed by atoms with van der Waals surface area (Å²) < 4.78 is 0. The molecule has 1 aromatic carbocycles. The number of nitrogens with one attached hydrogen (secondary N) is 2. The Labute approximate surface area is 109 Å². The molecule has 0 aliphatic carbocycles. The van der Waals surface area contributed by atoms with Gasteiger partial charge in [-0.3, -0.25) is 4.79 Å². The van der Waals surface area contributed by atoms with E-state index in [0.29, 0.717) is 12.1 Å². The zero-order valence-corrected chi connectivity index (χ0v) is 11.5. The van der Waals surface area contributed by atoms with Crippen molar-refractivity contribution in [3.63, 3.8) is 0 Å². The zero-order chi connectivity index (χ0) is 13.4. The minimum atomic E-state index is -0.00296. The van der Waals surface area contributed by atoms with Crippen molar-refractivity contribution in [2.75, 3.05) is 39.0 Å². The van der Waals surface area contributed by atoms with E-state index in [1.54, 1.807) is 0 Å². The maximum atomic E-state index is 11.8. The number of carbonyl (C=O) groups excluding carboxylic acids is 1. The molecule has 1 aromatic rings. The van der Waals surface area contributed by atoms with E-state index in [1.807, 2.05) is 45.3 Å². The zero-order valence-electron chi connectivity index (χ0n) is 11.5. The Morgan fingerprint density at radius 2 is 1.89 bits per heavy atom. The molecule has 4 heteroatoms. The molecule has 18 heavy (non-hydrogen) atoms. The number of amides is 1. The van der Waals surface area contributed by atoms with Gasteiger partial charge in [0.25, 0.3) is 5.91 Å². The molecule has 0 atom stereocenters. The molecule has 4 nitrogen and oxygen atoms in total. The van der Waals surface area contributed by atoms with E-state index in [-0.39, 0.29) is 5.91 Å². The molecule has 100 valence electrons. The second kappa shape index (κ2) is 7.71. The lowest BCUT2D eigenvalue weighted by molar-refractivity contribution is 0.0952. The van der Waals surface area contributed by atoms with Gasteiger partial charge in [-0.1, -0.05) is 0 Å². The molecular formula is C14H23N3O. The molecule has 0 aliphatic rings. The number of hydrogen-bond acceptors (Lipinski definition) is 3. The molecule has 0 aromatic heterocycles. The van der Waals surface area contributed by atoms with Gasteiger partial charge in [-0.15, -0.1) is 0 Å². The fraction of sp³-hybridized carbons (Fsp3) is 0.500. The molecule has 0 aliphatic heterocycles. The summed E-state index contributed by atoms with van der Waals surface area (Å²) in [5.41, 5.74) is 1.75. The van der Waals surface area contributed by atoms with E-state index >= 15 is 0 Å². The van der Waals surface area contributed by atoms with E-state index in [1.165, 1.54) is 0 Å². The van der Waals surface area contributed by atoms with Gasteiger partial charge in [0.05, 0.1) is 0 Å². The topological polar surface area (TPSA) is 44.4 Å². The maximum absolute atomic E-state index is 11.8. The fourth-order valence-corrected chi connectivity index (χ4v) is 1.64. The Hall–Kier alpha value is -1.55. The third kappa shape index (κ3) is 5.19. The first-order chi connectivity index (χ1) is 8.63. The number of anilines is 1. The molecule has 0 saturated heterocycles. The largest absolute Gasteiger partial charge is 0.385 e. The van der Waals surface area contributed by atoms with Crippen LogP contribution in [0.25, 0.3) is 0 Å². The lowest BCUT2D eigenvalue weighted by Gasteiger charge is -2.10.